The number of aromatic nitrogens is 2. The van der Waals surface area contributed by atoms with E-state index in [2.05, 4.69) is 15.3 Å². The maximum absolute atomic E-state index is 12.5. The van der Waals surface area contributed by atoms with Crippen molar-refractivity contribution in [3.63, 3.8) is 0 Å². The minimum atomic E-state index is -1.25. The molecule has 23 heavy (non-hydrogen) atoms. The van der Waals surface area contributed by atoms with E-state index in [0.717, 1.165) is 36.3 Å². The zero-order valence-corrected chi connectivity index (χ0v) is 13.9. The van der Waals surface area contributed by atoms with Gasteiger partial charge in [0.2, 0.25) is 5.91 Å². The molecule has 6 heteroatoms. The van der Waals surface area contributed by atoms with Crippen LogP contribution < -0.4 is 5.32 Å². The fraction of sp³-hybridized carbons (Fsp3) is 0.647. The molecule has 1 heterocycles. The second-order valence-corrected chi connectivity index (χ2v) is 7.20. The number of carboxylic acid groups (broad SMARTS) is 1. The van der Waals surface area contributed by atoms with Gasteiger partial charge in [0.25, 0.3) is 0 Å². The van der Waals surface area contributed by atoms with E-state index < -0.39 is 11.4 Å². The zero-order valence-electron chi connectivity index (χ0n) is 13.9. The lowest BCUT2D eigenvalue weighted by atomic mass is 9.45. The number of nitrogens with zero attached hydrogens (tertiary/aromatic N) is 2. The first-order valence-electron chi connectivity index (χ1n) is 8.10. The number of rotatable bonds is 4. The number of amides is 1. The predicted molar refractivity (Wildman–Crippen MR) is 83.7 cm³/mol. The topological polar surface area (TPSA) is 92.2 Å². The second-order valence-electron chi connectivity index (χ2n) is 7.20. The number of nitrogens with one attached hydrogen (secondary N) is 1. The monoisotopic (exact) mass is 317 g/mol. The van der Waals surface area contributed by atoms with Gasteiger partial charge in [-0.25, -0.2) is 0 Å². The van der Waals surface area contributed by atoms with Crippen molar-refractivity contribution in [3.8, 4) is 0 Å². The molecular weight excluding hydrogens is 294 g/mol. The number of carboxylic acids is 1. The van der Waals surface area contributed by atoms with Crippen LogP contribution in [0, 0.1) is 31.6 Å². The highest BCUT2D eigenvalue weighted by Gasteiger charge is 2.64. The van der Waals surface area contributed by atoms with Gasteiger partial charge < -0.3 is 10.4 Å². The molecule has 2 saturated carbocycles. The molecule has 0 aliphatic heterocycles. The number of hydrogen-bond donors (Lipinski definition) is 2. The van der Waals surface area contributed by atoms with Crippen LogP contribution in [0.5, 0.6) is 0 Å². The van der Waals surface area contributed by atoms with Gasteiger partial charge >= 0.3 is 5.97 Å². The molecule has 0 aromatic carbocycles. The highest BCUT2D eigenvalue weighted by Crippen LogP contribution is 2.64. The minimum absolute atomic E-state index is 0.117. The predicted octanol–water partition coefficient (Wildman–Crippen LogP) is 2.05. The summed E-state index contributed by atoms with van der Waals surface area (Å²) in [6.07, 6.45) is 4.19. The van der Waals surface area contributed by atoms with Gasteiger partial charge in [-0.1, -0.05) is 6.42 Å². The first-order valence-corrected chi connectivity index (χ1v) is 8.10. The summed E-state index contributed by atoms with van der Waals surface area (Å²) in [5.74, 6) is -1.39. The van der Waals surface area contributed by atoms with Crippen LogP contribution in [0.2, 0.25) is 0 Å². The standard InChI is InChI=1S/C17H23N3O3/c1-10-11(2)20-13(12(3)19-10)7-18-14(21)17(15(22)23)8-16(9-17)5-4-6-16/h4-9H2,1-3H3,(H,18,21)(H,22,23). The Morgan fingerprint density at radius 3 is 2.22 bits per heavy atom. The molecule has 0 atom stereocenters. The average Bonchev–Trinajstić information content (AvgIpc) is 2.38. The fourth-order valence-electron chi connectivity index (χ4n) is 3.93. The van der Waals surface area contributed by atoms with E-state index in [-0.39, 0.29) is 17.9 Å². The molecule has 124 valence electrons. The Bertz CT molecular complexity index is 672. The Morgan fingerprint density at radius 2 is 1.70 bits per heavy atom. The van der Waals surface area contributed by atoms with E-state index in [9.17, 15) is 14.7 Å². The van der Waals surface area contributed by atoms with Crippen molar-refractivity contribution in [1.82, 2.24) is 15.3 Å². The van der Waals surface area contributed by atoms with Crippen LogP contribution in [0.3, 0.4) is 0 Å². The van der Waals surface area contributed by atoms with Crippen molar-refractivity contribution in [2.45, 2.75) is 59.4 Å². The highest BCUT2D eigenvalue weighted by molar-refractivity contribution is 6.03. The molecule has 2 N–H and O–H groups in total. The second kappa shape index (κ2) is 5.28. The molecule has 1 spiro atoms. The van der Waals surface area contributed by atoms with Gasteiger partial charge in [-0.2, -0.15) is 0 Å². The van der Waals surface area contributed by atoms with Crippen molar-refractivity contribution in [2.24, 2.45) is 10.8 Å². The fourth-order valence-corrected chi connectivity index (χ4v) is 3.93. The molecule has 1 aromatic rings. The van der Waals surface area contributed by atoms with E-state index in [1.165, 1.54) is 0 Å². The minimum Gasteiger partial charge on any atom is -0.480 e. The van der Waals surface area contributed by atoms with Gasteiger partial charge in [-0.05, 0) is 51.9 Å². The zero-order chi connectivity index (χ0) is 16.8. The van der Waals surface area contributed by atoms with E-state index in [1.54, 1.807) is 0 Å². The summed E-state index contributed by atoms with van der Waals surface area (Å²) in [7, 11) is 0. The third-order valence-corrected chi connectivity index (χ3v) is 5.61. The summed E-state index contributed by atoms with van der Waals surface area (Å²) in [4.78, 5) is 33.0. The number of aliphatic carboxylic acids is 1. The summed E-state index contributed by atoms with van der Waals surface area (Å²) >= 11 is 0. The Kier molecular flexibility index (Phi) is 3.65. The van der Waals surface area contributed by atoms with Gasteiger partial charge in [0, 0.05) is 0 Å². The average molecular weight is 317 g/mol. The Morgan fingerprint density at radius 1 is 1.09 bits per heavy atom. The van der Waals surface area contributed by atoms with Crippen molar-refractivity contribution < 1.29 is 14.7 Å². The van der Waals surface area contributed by atoms with E-state index >= 15 is 0 Å². The van der Waals surface area contributed by atoms with Crippen LogP contribution >= 0.6 is 0 Å². The van der Waals surface area contributed by atoms with Crippen molar-refractivity contribution >= 4 is 11.9 Å². The molecule has 1 amide bonds. The molecule has 2 fully saturated rings. The molecule has 0 saturated heterocycles. The molecule has 3 rings (SSSR count). The quantitative estimate of drug-likeness (QED) is 0.829. The van der Waals surface area contributed by atoms with Gasteiger partial charge in [0.15, 0.2) is 0 Å². The molecule has 2 aliphatic rings. The molecule has 0 bridgehead atoms. The van der Waals surface area contributed by atoms with Crippen LogP contribution in [0.1, 0.15) is 54.9 Å². The summed E-state index contributed by atoms with van der Waals surface area (Å²) < 4.78 is 0. The van der Waals surface area contributed by atoms with E-state index in [4.69, 9.17) is 0 Å². The van der Waals surface area contributed by atoms with Crippen molar-refractivity contribution in [1.29, 1.82) is 0 Å². The SMILES string of the molecule is Cc1nc(C)c(CNC(=O)C2(C(=O)O)CC3(CCC3)C2)nc1C. The van der Waals surface area contributed by atoms with Crippen molar-refractivity contribution in [2.75, 3.05) is 0 Å². The lowest BCUT2D eigenvalue weighted by Crippen LogP contribution is -2.61. The lowest BCUT2D eigenvalue weighted by molar-refractivity contribution is -0.181. The summed E-state index contributed by atoms with van der Waals surface area (Å²) in [5, 5.41) is 12.3. The van der Waals surface area contributed by atoms with E-state index in [1.807, 2.05) is 20.8 Å². The molecule has 0 unspecified atom stereocenters. The van der Waals surface area contributed by atoms with Crippen molar-refractivity contribution in [3.05, 3.63) is 22.8 Å². The van der Waals surface area contributed by atoms with Crippen LogP contribution in [0.25, 0.3) is 0 Å². The van der Waals surface area contributed by atoms with Crippen LogP contribution in [-0.4, -0.2) is 27.0 Å². The molecular formula is C17H23N3O3. The first-order chi connectivity index (χ1) is 10.8. The van der Waals surface area contributed by atoms with Gasteiger partial charge in [-0.3, -0.25) is 19.6 Å². The van der Waals surface area contributed by atoms with Gasteiger partial charge in [0.05, 0.1) is 29.3 Å². The number of hydrogen-bond acceptors (Lipinski definition) is 4. The van der Waals surface area contributed by atoms with E-state index in [0.29, 0.717) is 18.5 Å². The van der Waals surface area contributed by atoms with Gasteiger partial charge in [-0.15, -0.1) is 0 Å². The maximum atomic E-state index is 12.5. The molecule has 1 aromatic heterocycles. The third kappa shape index (κ3) is 2.50. The normalized spacial score (nSPS) is 20.5. The van der Waals surface area contributed by atoms with Crippen LogP contribution in [0.15, 0.2) is 0 Å². The third-order valence-electron chi connectivity index (χ3n) is 5.61. The Hall–Kier alpha value is -1.98. The Labute approximate surface area is 135 Å². The highest BCUT2D eigenvalue weighted by atomic mass is 16.4. The number of carbonyl (C=O) groups excluding carboxylic acids is 1. The molecule has 0 radical (unpaired) electrons. The number of carbonyl (C=O) groups is 2. The van der Waals surface area contributed by atoms with Gasteiger partial charge in [0.1, 0.15) is 5.41 Å². The smallest absolute Gasteiger partial charge is 0.319 e. The summed E-state index contributed by atoms with van der Waals surface area (Å²) in [6.45, 7) is 5.84. The molecule has 6 nitrogen and oxygen atoms in total. The summed E-state index contributed by atoms with van der Waals surface area (Å²) in [6, 6.07) is 0. The number of aryl methyl sites for hydroxylation is 3. The van der Waals surface area contributed by atoms with Crippen LogP contribution in [-0.2, 0) is 16.1 Å². The Balaban J connectivity index is 1.69. The lowest BCUT2D eigenvalue weighted by Gasteiger charge is -2.58. The largest absolute Gasteiger partial charge is 0.480 e. The maximum Gasteiger partial charge on any atom is 0.319 e. The summed E-state index contributed by atoms with van der Waals surface area (Å²) in [5.41, 5.74) is 2.02. The first kappa shape index (κ1) is 15.9. The van der Waals surface area contributed by atoms with Crippen LogP contribution in [0.4, 0.5) is 0 Å². The molecule has 2 aliphatic carbocycles.